The average Bonchev–Trinajstić information content (AvgIpc) is 2.93. The highest BCUT2D eigenvalue weighted by atomic mass is 16.5. The van der Waals surface area contributed by atoms with Gasteiger partial charge in [-0.05, 0) is 25.3 Å². The Bertz CT molecular complexity index is 431. The molecule has 0 fully saturated rings. The van der Waals surface area contributed by atoms with Gasteiger partial charge in [0.25, 0.3) is 5.91 Å². The van der Waals surface area contributed by atoms with Gasteiger partial charge in [0.1, 0.15) is 5.76 Å². The maximum absolute atomic E-state index is 12.2. The van der Waals surface area contributed by atoms with Crippen LogP contribution in [0.1, 0.15) is 57.3 Å². The van der Waals surface area contributed by atoms with Gasteiger partial charge in [0, 0.05) is 25.1 Å². The first kappa shape index (κ1) is 16.7. The first-order valence-electron chi connectivity index (χ1n) is 7.44. The fraction of sp³-hybridized carbons (Fsp3) is 0.733. The summed E-state index contributed by atoms with van der Waals surface area (Å²) in [7, 11) is 0. The summed E-state index contributed by atoms with van der Waals surface area (Å²) in [6.07, 6.45) is 1.73. The summed E-state index contributed by atoms with van der Waals surface area (Å²) in [5.74, 6) is 0.561. The smallest absolute Gasteiger partial charge is 0.273 e. The molecule has 2 unspecified atom stereocenters. The average molecular weight is 281 g/mol. The van der Waals surface area contributed by atoms with Gasteiger partial charge in [0.2, 0.25) is 0 Å². The van der Waals surface area contributed by atoms with Gasteiger partial charge >= 0.3 is 0 Å². The summed E-state index contributed by atoms with van der Waals surface area (Å²) in [5, 5.41) is 10.2. The lowest BCUT2D eigenvalue weighted by Gasteiger charge is -2.35. The van der Waals surface area contributed by atoms with Crippen molar-refractivity contribution in [3.05, 3.63) is 17.5 Å². The van der Waals surface area contributed by atoms with Crippen molar-refractivity contribution in [3.8, 4) is 0 Å². The Morgan fingerprint density at radius 2 is 2.15 bits per heavy atom. The number of amides is 1. The van der Waals surface area contributed by atoms with E-state index in [1.54, 1.807) is 6.07 Å². The molecule has 1 aromatic rings. The second-order valence-electron chi connectivity index (χ2n) is 5.52. The number of hydrogen-bond donors (Lipinski definition) is 2. The van der Waals surface area contributed by atoms with Crippen LogP contribution in [-0.2, 0) is 6.42 Å². The molecule has 1 heterocycles. The number of carbonyl (C=O) groups excluding carboxylic acids is 1. The molecule has 0 saturated heterocycles. The maximum atomic E-state index is 12.2. The Labute approximate surface area is 121 Å². The summed E-state index contributed by atoms with van der Waals surface area (Å²) in [6.45, 7) is 12.2. The number of aryl methyl sites for hydroxylation is 1. The highest BCUT2D eigenvalue weighted by Crippen LogP contribution is 2.25. The van der Waals surface area contributed by atoms with Crippen LogP contribution >= 0.6 is 0 Å². The van der Waals surface area contributed by atoms with Crippen molar-refractivity contribution in [2.45, 2.75) is 53.5 Å². The van der Waals surface area contributed by atoms with Crippen molar-refractivity contribution >= 4 is 5.91 Å². The van der Waals surface area contributed by atoms with Crippen LogP contribution in [0.3, 0.4) is 0 Å². The molecule has 0 saturated carbocycles. The zero-order valence-corrected chi connectivity index (χ0v) is 13.2. The van der Waals surface area contributed by atoms with Gasteiger partial charge in [-0.3, -0.25) is 4.79 Å². The van der Waals surface area contributed by atoms with Crippen LogP contribution < -0.4 is 10.6 Å². The Morgan fingerprint density at radius 3 is 2.65 bits per heavy atom. The zero-order valence-electron chi connectivity index (χ0n) is 13.2. The molecule has 0 aliphatic heterocycles. The zero-order chi connectivity index (χ0) is 15.2. The van der Waals surface area contributed by atoms with E-state index < -0.39 is 0 Å². The van der Waals surface area contributed by atoms with Crippen LogP contribution in [-0.4, -0.2) is 30.2 Å². The molecule has 0 aliphatic carbocycles. The monoisotopic (exact) mass is 281 g/mol. The standard InChI is InChI=1S/C15H27N3O2/c1-6-12-9-13(18-20-12)14(19)17-11(4)15(5,7-2)10-16-8-3/h9,11,16H,6-8,10H2,1-5H3,(H,17,19). The van der Waals surface area contributed by atoms with Crippen molar-refractivity contribution < 1.29 is 9.32 Å². The molecule has 5 heteroatoms. The highest BCUT2D eigenvalue weighted by molar-refractivity contribution is 5.92. The summed E-state index contributed by atoms with van der Waals surface area (Å²) in [4.78, 5) is 12.2. The molecular formula is C15H27N3O2. The summed E-state index contributed by atoms with van der Waals surface area (Å²) >= 11 is 0. The van der Waals surface area contributed by atoms with Crippen molar-refractivity contribution in [1.29, 1.82) is 0 Å². The van der Waals surface area contributed by atoms with Gasteiger partial charge in [-0.15, -0.1) is 0 Å². The molecule has 20 heavy (non-hydrogen) atoms. The van der Waals surface area contributed by atoms with Crippen LogP contribution in [0.2, 0.25) is 0 Å². The Kier molecular flexibility index (Phi) is 6.20. The molecule has 5 nitrogen and oxygen atoms in total. The minimum absolute atomic E-state index is 0.0169. The van der Waals surface area contributed by atoms with Gasteiger partial charge in [-0.1, -0.05) is 32.9 Å². The molecular weight excluding hydrogens is 254 g/mol. The molecule has 0 aromatic carbocycles. The summed E-state index contributed by atoms with van der Waals surface area (Å²) in [5.41, 5.74) is 0.374. The Balaban J connectivity index is 2.67. The first-order chi connectivity index (χ1) is 9.46. The fourth-order valence-corrected chi connectivity index (χ4v) is 2.03. The molecule has 0 aliphatic rings. The predicted molar refractivity (Wildman–Crippen MR) is 79.8 cm³/mol. The number of nitrogens with one attached hydrogen (secondary N) is 2. The molecule has 0 bridgehead atoms. The van der Waals surface area contributed by atoms with Gasteiger partial charge in [0.05, 0.1) is 0 Å². The van der Waals surface area contributed by atoms with Crippen LogP contribution in [0, 0.1) is 5.41 Å². The van der Waals surface area contributed by atoms with Gasteiger partial charge in [-0.2, -0.15) is 0 Å². The molecule has 114 valence electrons. The second kappa shape index (κ2) is 7.43. The quantitative estimate of drug-likeness (QED) is 0.767. The van der Waals surface area contributed by atoms with Crippen molar-refractivity contribution in [1.82, 2.24) is 15.8 Å². The lowest BCUT2D eigenvalue weighted by molar-refractivity contribution is 0.0882. The molecule has 2 N–H and O–H groups in total. The third-order valence-electron chi connectivity index (χ3n) is 4.12. The van der Waals surface area contributed by atoms with Crippen LogP contribution in [0.25, 0.3) is 0 Å². The number of nitrogens with zero attached hydrogens (tertiary/aromatic N) is 1. The van der Waals surface area contributed by atoms with Crippen LogP contribution in [0.4, 0.5) is 0 Å². The van der Waals surface area contributed by atoms with E-state index in [-0.39, 0.29) is 17.4 Å². The summed E-state index contributed by atoms with van der Waals surface area (Å²) < 4.78 is 5.07. The van der Waals surface area contributed by atoms with Crippen LogP contribution in [0.15, 0.2) is 10.6 Å². The second-order valence-corrected chi connectivity index (χ2v) is 5.52. The molecule has 0 radical (unpaired) electrons. The highest BCUT2D eigenvalue weighted by Gasteiger charge is 2.30. The number of aromatic nitrogens is 1. The number of rotatable bonds is 8. The molecule has 1 aromatic heterocycles. The first-order valence-corrected chi connectivity index (χ1v) is 7.44. The number of hydrogen-bond acceptors (Lipinski definition) is 4. The van der Waals surface area contributed by atoms with Crippen molar-refractivity contribution in [3.63, 3.8) is 0 Å². The minimum Gasteiger partial charge on any atom is -0.361 e. The molecule has 2 atom stereocenters. The van der Waals surface area contributed by atoms with Gasteiger partial charge < -0.3 is 15.2 Å². The van der Waals surface area contributed by atoms with E-state index in [0.717, 1.165) is 31.7 Å². The Morgan fingerprint density at radius 1 is 1.45 bits per heavy atom. The SMILES string of the molecule is CCNCC(C)(CC)C(C)NC(=O)c1cc(CC)on1. The summed E-state index contributed by atoms with van der Waals surface area (Å²) in [6, 6.07) is 1.76. The maximum Gasteiger partial charge on any atom is 0.273 e. The largest absolute Gasteiger partial charge is 0.361 e. The van der Waals surface area contributed by atoms with E-state index in [4.69, 9.17) is 4.52 Å². The van der Waals surface area contributed by atoms with E-state index >= 15 is 0 Å². The van der Waals surface area contributed by atoms with Gasteiger partial charge in [0.15, 0.2) is 5.69 Å². The van der Waals surface area contributed by atoms with Crippen molar-refractivity contribution in [2.24, 2.45) is 5.41 Å². The lowest BCUT2D eigenvalue weighted by Crippen LogP contribution is -2.49. The van der Waals surface area contributed by atoms with Crippen LogP contribution in [0.5, 0.6) is 0 Å². The van der Waals surface area contributed by atoms with E-state index in [2.05, 4.69) is 36.6 Å². The lowest BCUT2D eigenvalue weighted by atomic mass is 9.80. The van der Waals surface area contributed by atoms with E-state index in [9.17, 15) is 4.79 Å². The van der Waals surface area contributed by atoms with E-state index in [0.29, 0.717) is 5.69 Å². The van der Waals surface area contributed by atoms with Gasteiger partial charge in [-0.25, -0.2) is 0 Å². The van der Waals surface area contributed by atoms with Crippen molar-refractivity contribution in [2.75, 3.05) is 13.1 Å². The molecule has 0 spiro atoms. The third-order valence-corrected chi connectivity index (χ3v) is 4.12. The predicted octanol–water partition coefficient (Wildman–Crippen LogP) is 2.38. The third kappa shape index (κ3) is 4.07. The molecule has 1 rings (SSSR count). The molecule has 1 amide bonds. The topological polar surface area (TPSA) is 67.2 Å². The van der Waals surface area contributed by atoms with E-state index in [1.165, 1.54) is 0 Å². The normalized spacial score (nSPS) is 15.7. The number of carbonyl (C=O) groups is 1. The minimum atomic E-state index is -0.169. The fourth-order valence-electron chi connectivity index (χ4n) is 2.03. The van der Waals surface area contributed by atoms with E-state index in [1.807, 2.05) is 13.8 Å². The Hall–Kier alpha value is -1.36.